The Labute approximate surface area is 198 Å². The van der Waals surface area contributed by atoms with Crippen LogP contribution in [0.25, 0.3) is 10.4 Å². The van der Waals surface area contributed by atoms with E-state index >= 15 is 0 Å². The van der Waals surface area contributed by atoms with Crippen LogP contribution in [0.5, 0.6) is 5.88 Å². The third-order valence-corrected chi connectivity index (χ3v) is 6.46. The molecule has 0 radical (unpaired) electrons. The zero-order chi connectivity index (χ0) is 24.8. The molecule has 1 aliphatic heterocycles. The van der Waals surface area contributed by atoms with Gasteiger partial charge in [-0.05, 0) is 30.7 Å². The van der Waals surface area contributed by atoms with Crippen molar-refractivity contribution in [3.05, 3.63) is 91.8 Å². The molecule has 3 aromatic heterocycles. The van der Waals surface area contributed by atoms with Crippen molar-refractivity contribution in [1.29, 1.82) is 0 Å². The van der Waals surface area contributed by atoms with Gasteiger partial charge in [-0.3, -0.25) is 24.0 Å². The Balaban J connectivity index is 1.55. The number of hydrogen-bond acceptors (Lipinski definition) is 9. The zero-order valence-corrected chi connectivity index (χ0v) is 19.3. The van der Waals surface area contributed by atoms with Gasteiger partial charge in [0.1, 0.15) is 12.0 Å². The van der Waals surface area contributed by atoms with E-state index in [9.17, 15) is 14.2 Å². The van der Waals surface area contributed by atoms with E-state index in [1.165, 1.54) is 29.2 Å². The lowest BCUT2D eigenvalue weighted by Crippen LogP contribution is -2.33. The maximum atomic E-state index is 13.6. The predicted molar refractivity (Wildman–Crippen MR) is 124 cm³/mol. The van der Waals surface area contributed by atoms with Crippen LogP contribution in [0.1, 0.15) is 18.2 Å². The van der Waals surface area contributed by atoms with E-state index in [4.69, 9.17) is 19.3 Å². The Hall–Kier alpha value is -3.96. The maximum Gasteiger partial charge on any atom is 0.488 e. The average Bonchev–Trinajstić information content (AvgIpc) is 3.24. The van der Waals surface area contributed by atoms with E-state index in [-0.39, 0.29) is 24.7 Å². The molecule has 182 valence electrons. The Kier molecular flexibility index (Phi) is 7.28. The van der Waals surface area contributed by atoms with Gasteiger partial charge in [-0.1, -0.05) is 17.2 Å². The molecule has 0 bridgehead atoms. The average molecular weight is 500 g/mol. The molecular weight excluding hydrogens is 479 g/mol. The molecule has 14 nitrogen and oxygen atoms in total. The largest absolute Gasteiger partial charge is 0.488 e. The van der Waals surface area contributed by atoms with Crippen LogP contribution in [-0.2, 0) is 13.8 Å². The highest BCUT2D eigenvalue weighted by atomic mass is 31.2. The number of aryl methyl sites for hydroxylation is 1. The molecule has 1 aliphatic rings. The second-order valence-electron chi connectivity index (χ2n) is 7.50. The number of nitrogens with one attached hydrogen (secondary N) is 2. The standard InChI is InChI=1S/C20H21N8O6P/c1-13-11-28(20(30)24-19(13)29)18-10-14(25-27-21)15(33-18)12-32-35(31,26-16-6-2-4-8-22-16)34-17-7-3-5-9-23-17/h2-9,11,14-15,18H,10,12H2,1H3,(H,22,26,31)(H,24,29,30)/t14?,15-,18-,35?/m1/s1. The van der Waals surface area contributed by atoms with Crippen molar-refractivity contribution >= 4 is 13.6 Å². The van der Waals surface area contributed by atoms with Gasteiger partial charge in [0, 0.05) is 41.6 Å². The molecule has 35 heavy (non-hydrogen) atoms. The summed E-state index contributed by atoms with van der Waals surface area (Å²) in [5.41, 5.74) is 8.11. The lowest BCUT2D eigenvalue weighted by Gasteiger charge is -2.22. The van der Waals surface area contributed by atoms with E-state index in [2.05, 4.69) is 30.1 Å². The number of azide groups is 1. The first-order valence-electron chi connectivity index (χ1n) is 10.4. The minimum absolute atomic E-state index is 0.0475. The maximum absolute atomic E-state index is 13.6. The summed E-state index contributed by atoms with van der Waals surface area (Å²) in [5.74, 6) is 0.283. The highest BCUT2D eigenvalue weighted by Crippen LogP contribution is 2.48. The highest BCUT2D eigenvalue weighted by Gasteiger charge is 2.39. The normalized spacial score (nSPS) is 21.0. The second kappa shape index (κ2) is 10.5. The SMILES string of the molecule is Cc1cn([C@H]2CC(N=[N+]=[N-])[C@@H](COP(=O)(Nc3ccccn3)Oc3ccccn3)O2)c(=O)[nH]c1=O. The summed E-state index contributed by atoms with van der Waals surface area (Å²) in [6.07, 6.45) is 2.73. The Morgan fingerprint density at radius 2 is 2.06 bits per heavy atom. The number of ether oxygens (including phenoxy) is 1. The number of rotatable bonds is 9. The predicted octanol–water partition coefficient (Wildman–Crippen LogP) is 2.92. The smallest absolute Gasteiger partial charge is 0.391 e. The molecule has 4 atom stereocenters. The van der Waals surface area contributed by atoms with Crippen LogP contribution in [0.3, 0.4) is 0 Å². The molecule has 0 saturated carbocycles. The summed E-state index contributed by atoms with van der Waals surface area (Å²) in [6, 6.07) is 9.03. The molecule has 4 rings (SSSR count). The van der Waals surface area contributed by atoms with Crippen LogP contribution in [0.15, 0.2) is 69.7 Å². The molecule has 3 aromatic rings. The van der Waals surface area contributed by atoms with Gasteiger partial charge in [0.05, 0.1) is 18.8 Å². The summed E-state index contributed by atoms with van der Waals surface area (Å²) in [6.45, 7) is 1.23. The van der Waals surface area contributed by atoms with E-state index in [1.807, 2.05) is 0 Å². The fourth-order valence-corrected chi connectivity index (χ4v) is 4.64. The third-order valence-electron chi connectivity index (χ3n) is 5.04. The van der Waals surface area contributed by atoms with Crippen LogP contribution in [0, 0.1) is 6.92 Å². The van der Waals surface area contributed by atoms with Crippen LogP contribution in [0.2, 0.25) is 0 Å². The van der Waals surface area contributed by atoms with E-state index in [0.717, 1.165) is 0 Å². The fraction of sp³-hybridized carbons (Fsp3) is 0.300. The minimum atomic E-state index is -4.08. The van der Waals surface area contributed by atoms with Crippen molar-refractivity contribution < 1.29 is 18.3 Å². The Morgan fingerprint density at radius 3 is 2.74 bits per heavy atom. The van der Waals surface area contributed by atoms with Gasteiger partial charge in [-0.25, -0.2) is 19.3 Å². The van der Waals surface area contributed by atoms with Crippen LogP contribution >= 0.6 is 7.75 Å². The number of hydrogen-bond donors (Lipinski definition) is 2. The lowest BCUT2D eigenvalue weighted by atomic mass is 10.1. The van der Waals surface area contributed by atoms with Crippen molar-refractivity contribution in [2.45, 2.75) is 31.7 Å². The first-order valence-corrected chi connectivity index (χ1v) is 12.0. The topological polar surface area (TPSA) is 186 Å². The number of nitrogens with zero attached hydrogens (tertiary/aromatic N) is 6. The molecular formula is C20H21N8O6P. The first-order chi connectivity index (χ1) is 16.9. The summed E-state index contributed by atoms with van der Waals surface area (Å²) in [5, 5.41) is 6.38. The van der Waals surface area contributed by atoms with Gasteiger partial charge in [0.25, 0.3) is 5.56 Å². The zero-order valence-electron chi connectivity index (χ0n) is 18.4. The van der Waals surface area contributed by atoms with Gasteiger partial charge < -0.3 is 9.26 Å². The molecule has 0 aliphatic carbocycles. The summed E-state index contributed by atoms with van der Waals surface area (Å²) in [4.78, 5) is 37.1. The first kappa shape index (κ1) is 24.2. The van der Waals surface area contributed by atoms with Crippen molar-refractivity contribution in [1.82, 2.24) is 19.5 Å². The van der Waals surface area contributed by atoms with Crippen molar-refractivity contribution in [2.24, 2.45) is 5.11 Å². The Morgan fingerprint density at radius 1 is 1.29 bits per heavy atom. The number of pyridine rings is 2. The molecule has 0 amide bonds. The molecule has 4 heterocycles. The second-order valence-corrected chi connectivity index (χ2v) is 9.15. The number of aromatic amines is 1. The molecule has 0 aromatic carbocycles. The number of anilines is 1. The van der Waals surface area contributed by atoms with Crippen LogP contribution in [0.4, 0.5) is 5.82 Å². The fourth-order valence-electron chi connectivity index (χ4n) is 3.37. The van der Waals surface area contributed by atoms with Crippen LogP contribution in [-0.4, -0.2) is 38.3 Å². The number of H-pyrrole nitrogens is 1. The summed E-state index contributed by atoms with van der Waals surface area (Å²) >= 11 is 0. The highest BCUT2D eigenvalue weighted by molar-refractivity contribution is 7.55. The Bertz CT molecular complexity index is 1330. The molecule has 1 saturated heterocycles. The van der Waals surface area contributed by atoms with Crippen molar-refractivity contribution in [3.8, 4) is 5.88 Å². The molecule has 2 N–H and O–H groups in total. The quantitative estimate of drug-likeness (QED) is 0.193. The van der Waals surface area contributed by atoms with Gasteiger partial charge in [-0.2, -0.15) is 0 Å². The third kappa shape index (κ3) is 5.94. The molecule has 0 spiro atoms. The molecule has 1 fully saturated rings. The molecule has 2 unspecified atom stereocenters. The van der Waals surface area contributed by atoms with Gasteiger partial charge in [0.2, 0.25) is 5.88 Å². The van der Waals surface area contributed by atoms with E-state index in [0.29, 0.717) is 5.56 Å². The lowest BCUT2D eigenvalue weighted by molar-refractivity contribution is -0.0235. The molecule has 15 heteroatoms. The van der Waals surface area contributed by atoms with Gasteiger partial charge in [0.15, 0.2) is 0 Å². The summed E-state index contributed by atoms with van der Waals surface area (Å²) < 4.78 is 31.9. The van der Waals surface area contributed by atoms with Crippen LogP contribution < -0.4 is 20.9 Å². The van der Waals surface area contributed by atoms with Crippen molar-refractivity contribution in [2.75, 3.05) is 11.7 Å². The minimum Gasteiger partial charge on any atom is -0.391 e. The van der Waals surface area contributed by atoms with E-state index < -0.39 is 37.4 Å². The number of aromatic nitrogens is 4. The summed E-state index contributed by atoms with van der Waals surface area (Å²) in [7, 11) is -4.08. The monoisotopic (exact) mass is 500 g/mol. The van der Waals surface area contributed by atoms with Crippen molar-refractivity contribution in [3.63, 3.8) is 0 Å². The van der Waals surface area contributed by atoms with Gasteiger partial charge >= 0.3 is 13.4 Å². The van der Waals surface area contributed by atoms with E-state index in [1.54, 1.807) is 37.3 Å². The van der Waals surface area contributed by atoms with Gasteiger partial charge in [-0.15, -0.1) is 0 Å².